The first kappa shape index (κ1) is 15.4. The summed E-state index contributed by atoms with van der Waals surface area (Å²) >= 11 is 1.11. The van der Waals surface area contributed by atoms with Crippen LogP contribution in [-0.2, 0) is 20.9 Å². The molecule has 0 atom stereocenters. The Kier molecular flexibility index (Phi) is 4.88. The van der Waals surface area contributed by atoms with Crippen molar-refractivity contribution < 1.29 is 14.3 Å². The van der Waals surface area contributed by atoms with Crippen LogP contribution >= 0.6 is 11.3 Å². The highest BCUT2D eigenvalue weighted by Gasteiger charge is 2.30. The summed E-state index contributed by atoms with van der Waals surface area (Å²) in [5, 5.41) is 4.33. The van der Waals surface area contributed by atoms with E-state index in [1.165, 1.54) is 11.7 Å². The Morgan fingerprint density at radius 1 is 1.47 bits per heavy atom. The molecule has 0 spiro atoms. The number of aromatic nitrogens is 1. The zero-order chi connectivity index (χ0) is 14.6. The molecule has 0 aliphatic carbocycles. The molecule has 0 bridgehead atoms. The third kappa shape index (κ3) is 3.92. The first-order chi connectivity index (χ1) is 8.77. The Balaban J connectivity index is 2.58. The van der Waals surface area contributed by atoms with Gasteiger partial charge >= 0.3 is 10.8 Å². The van der Waals surface area contributed by atoms with E-state index in [2.05, 4.69) is 10.1 Å². The van der Waals surface area contributed by atoms with Gasteiger partial charge in [0.2, 0.25) is 5.91 Å². The zero-order valence-corrected chi connectivity index (χ0v) is 12.3. The van der Waals surface area contributed by atoms with Crippen LogP contribution in [0.15, 0.2) is 10.2 Å². The number of nitrogens with one attached hydrogen (secondary N) is 1. The number of carbonyl (C=O) groups excluding carboxylic acids is 2. The van der Waals surface area contributed by atoms with Crippen LogP contribution in [0.3, 0.4) is 0 Å². The number of hydrogen-bond acceptors (Lipinski definition) is 5. The van der Waals surface area contributed by atoms with Gasteiger partial charge in [-0.1, -0.05) is 11.3 Å². The van der Waals surface area contributed by atoms with Crippen molar-refractivity contribution in [2.45, 2.75) is 39.3 Å². The standard InChI is InChI=1S/C12H18N2O4S/c1-8-7-19-11(17)14(8)6-5-9(15)13-12(2,3)10(16)18-4/h7H,5-6H2,1-4H3,(H,13,15). The number of methoxy groups -OCH3 is 1. The van der Waals surface area contributed by atoms with Crippen molar-refractivity contribution in [1.29, 1.82) is 0 Å². The van der Waals surface area contributed by atoms with Crippen LogP contribution in [0.4, 0.5) is 0 Å². The highest BCUT2D eigenvalue weighted by atomic mass is 32.1. The molecule has 1 amide bonds. The molecule has 1 N–H and O–H groups in total. The molecule has 0 radical (unpaired) electrons. The van der Waals surface area contributed by atoms with E-state index < -0.39 is 11.5 Å². The van der Waals surface area contributed by atoms with Gasteiger partial charge in [-0.2, -0.15) is 0 Å². The van der Waals surface area contributed by atoms with Gasteiger partial charge in [0.05, 0.1) is 7.11 Å². The van der Waals surface area contributed by atoms with Gasteiger partial charge in [0.1, 0.15) is 5.54 Å². The van der Waals surface area contributed by atoms with Crippen molar-refractivity contribution in [3.63, 3.8) is 0 Å². The van der Waals surface area contributed by atoms with Crippen LogP contribution in [0.1, 0.15) is 26.0 Å². The van der Waals surface area contributed by atoms with Crippen molar-refractivity contribution in [3.05, 3.63) is 20.7 Å². The molecule has 0 fully saturated rings. The molecule has 1 heterocycles. The van der Waals surface area contributed by atoms with Crippen LogP contribution < -0.4 is 10.2 Å². The van der Waals surface area contributed by atoms with Crippen LogP contribution in [0.25, 0.3) is 0 Å². The number of ether oxygens (including phenoxy) is 1. The molecular formula is C12H18N2O4S. The number of amides is 1. The van der Waals surface area contributed by atoms with E-state index in [1.807, 2.05) is 6.92 Å². The van der Waals surface area contributed by atoms with Crippen molar-refractivity contribution in [2.75, 3.05) is 7.11 Å². The molecule has 0 saturated carbocycles. The molecule has 1 aromatic rings. The van der Waals surface area contributed by atoms with Crippen molar-refractivity contribution in [2.24, 2.45) is 0 Å². The molecule has 19 heavy (non-hydrogen) atoms. The van der Waals surface area contributed by atoms with Crippen molar-refractivity contribution >= 4 is 23.2 Å². The van der Waals surface area contributed by atoms with Gasteiger partial charge in [-0.15, -0.1) is 0 Å². The molecule has 0 saturated heterocycles. The molecular weight excluding hydrogens is 268 g/mol. The third-order valence-electron chi connectivity index (χ3n) is 2.69. The van der Waals surface area contributed by atoms with Gasteiger partial charge < -0.3 is 14.6 Å². The lowest BCUT2D eigenvalue weighted by molar-refractivity contribution is -0.149. The summed E-state index contributed by atoms with van der Waals surface area (Å²) in [4.78, 5) is 34.6. The quantitative estimate of drug-likeness (QED) is 0.807. The summed E-state index contributed by atoms with van der Waals surface area (Å²) in [6.45, 7) is 5.25. The number of rotatable bonds is 5. The van der Waals surface area contributed by atoms with E-state index in [-0.39, 0.29) is 17.2 Å². The lowest BCUT2D eigenvalue weighted by Gasteiger charge is -2.23. The fourth-order valence-electron chi connectivity index (χ4n) is 1.61. The Morgan fingerprint density at radius 3 is 2.58 bits per heavy atom. The lowest BCUT2D eigenvalue weighted by Crippen LogP contribution is -2.50. The minimum atomic E-state index is -1.07. The zero-order valence-electron chi connectivity index (χ0n) is 11.5. The normalized spacial score (nSPS) is 11.2. The van der Waals surface area contributed by atoms with E-state index >= 15 is 0 Å². The second-order valence-corrected chi connectivity index (χ2v) is 5.53. The fourth-order valence-corrected chi connectivity index (χ4v) is 2.37. The summed E-state index contributed by atoms with van der Waals surface area (Å²) in [6.07, 6.45) is 0.137. The first-order valence-corrected chi connectivity index (χ1v) is 6.70. The van der Waals surface area contributed by atoms with Gasteiger partial charge in [-0.3, -0.25) is 9.59 Å². The number of esters is 1. The van der Waals surface area contributed by atoms with Gasteiger partial charge in [0.15, 0.2) is 0 Å². The van der Waals surface area contributed by atoms with Crippen LogP contribution in [0.2, 0.25) is 0 Å². The summed E-state index contributed by atoms with van der Waals surface area (Å²) in [6, 6.07) is 0. The van der Waals surface area contributed by atoms with E-state index in [0.717, 1.165) is 17.0 Å². The largest absolute Gasteiger partial charge is 0.467 e. The first-order valence-electron chi connectivity index (χ1n) is 5.82. The smallest absolute Gasteiger partial charge is 0.330 e. The second kappa shape index (κ2) is 6.01. The molecule has 0 aliphatic rings. The highest BCUT2D eigenvalue weighted by Crippen LogP contribution is 2.06. The number of aryl methyl sites for hydroxylation is 1. The topological polar surface area (TPSA) is 77.4 Å². The van der Waals surface area contributed by atoms with Gasteiger partial charge in [0.25, 0.3) is 0 Å². The maximum absolute atomic E-state index is 11.8. The predicted molar refractivity (Wildman–Crippen MR) is 72.2 cm³/mol. The molecule has 6 nitrogen and oxygen atoms in total. The Hall–Kier alpha value is -1.63. The van der Waals surface area contributed by atoms with Gasteiger partial charge in [0, 0.05) is 24.0 Å². The van der Waals surface area contributed by atoms with Crippen LogP contribution in [-0.4, -0.2) is 29.1 Å². The summed E-state index contributed by atoms with van der Waals surface area (Å²) < 4.78 is 6.13. The van der Waals surface area contributed by atoms with E-state index in [0.29, 0.717) is 6.54 Å². The van der Waals surface area contributed by atoms with Gasteiger partial charge in [-0.05, 0) is 20.8 Å². The van der Waals surface area contributed by atoms with Crippen LogP contribution in [0, 0.1) is 6.92 Å². The van der Waals surface area contributed by atoms with E-state index in [9.17, 15) is 14.4 Å². The SMILES string of the molecule is COC(=O)C(C)(C)NC(=O)CCn1c(C)csc1=O. The average Bonchev–Trinajstić information content (AvgIpc) is 2.65. The predicted octanol–water partition coefficient (Wildman–Crippen LogP) is 0.676. The second-order valence-electron chi connectivity index (χ2n) is 4.71. The van der Waals surface area contributed by atoms with Gasteiger partial charge in [-0.25, -0.2) is 4.79 Å². The molecule has 0 unspecified atom stereocenters. The van der Waals surface area contributed by atoms with E-state index in [4.69, 9.17) is 0 Å². The number of nitrogens with zero attached hydrogens (tertiary/aromatic N) is 1. The molecule has 0 aliphatic heterocycles. The molecule has 1 rings (SSSR count). The maximum Gasteiger partial charge on any atom is 0.330 e. The average molecular weight is 286 g/mol. The lowest BCUT2D eigenvalue weighted by atomic mass is 10.1. The summed E-state index contributed by atoms with van der Waals surface area (Å²) in [5.41, 5.74) is -0.240. The third-order valence-corrected chi connectivity index (χ3v) is 3.57. The molecule has 7 heteroatoms. The van der Waals surface area contributed by atoms with Crippen molar-refractivity contribution in [3.8, 4) is 0 Å². The minimum Gasteiger partial charge on any atom is -0.467 e. The summed E-state index contributed by atoms with van der Waals surface area (Å²) in [7, 11) is 1.27. The molecule has 106 valence electrons. The summed E-state index contributed by atoms with van der Waals surface area (Å²) in [5.74, 6) is -0.808. The van der Waals surface area contributed by atoms with E-state index in [1.54, 1.807) is 19.2 Å². The Bertz CT molecular complexity index is 530. The number of thiazole rings is 1. The monoisotopic (exact) mass is 286 g/mol. The number of hydrogen-bond donors (Lipinski definition) is 1. The highest BCUT2D eigenvalue weighted by molar-refractivity contribution is 7.07. The van der Waals surface area contributed by atoms with Crippen LogP contribution in [0.5, 0.6) is 0 Å². The minimum absolute atomic E-state index is 0.0856. The maximum atomic E-state index is 11.8. The Labute approximate surface area is 115 Å². The molecule has 0 aromatic carbocycles. The van der Waals surface area contributed by atoms with Crippen molar-refractivity contribution in [1.82, 2.24) is 9.88 Å². The molecule has 1 aromatic heterocycles. The Morgan fingerprint density at radius 2 is 2.11 bits per heavy atom. The number of carbonyl (C=O) groups is 2. The fraction of sp³-hybridized carbons (Fsp3) is 0.583.